The first-order chi connectivity index (χ1) is 9.35. The Morgan fingerprint density at radius 3 is 2.40 bits per heavy atom. The molecule has 0 radical (unpaired) electrons. The molecule has 1 aliphatic carbocycles. The lowest BCUT2D eigenvalue weighted by Crippen LogP contribution is -2.48. The zero-order valence-electron chi connectivity index (χ0n) is 14.0. The van der Waals surface area contributed by atoms with Crippen LogP contribution in [0.1, 0.15) is 60.3 Å². The number of carbonyl (C=O) groups excluding carboxylic acids is 1. The monoisotopic (exact) mass is 282 g/mol. The Labute approximate surface area is 125 Å². The average Bonchev–Trinajstić information content (AvgIpc) is 2.35. The molecule has 4 unspecified atom stereocenters. The molecule has 1 fully saturated rings. The average molecular weight is 282 g/mol. The van der Waals surface area contributed by atoms with Crippen LogP contribution < -0.4 is 11.1 Å². The molecule has 1 amide bonds. The molecule has 3 N–H and O–H groups in total. The maximum Gasteiger partial charge on any atom is 0.224 e. The summed E-state index contributed by atoms with van der Waals surface area (Å²) >= 11 is 0. The second-order valence-corrected chi connectivity index (χ2v) is 7.50. The summed E-state index contributed by atoms with van der Waals surface area (Å²) < 4.78 is 0. The molecule has 4 atom stereocenters. The maximum atomic E-state index is 12.5. The predicted octanol–water partition coefficient (Wildman–Crippen LogP) is 3.18. The molecule has 1 saturated carbocycles. The van der Waals surface area contributed by atoms with E-state index in [1.807, 2.05) is 0 Å². The zero-order chi connectivity index (χ0) is 15.3. The van der Waals surface area contributed by atoms with E-state index in [4.69, 9.17) is 5.73 Å². The van der Waals surface area contributed by atoms with E-state index in [0.29, 0.717) is 30.3 Å². The van der Waals surface area contributed by atoms with Gasteiger partial charge in [0.2, 0.25) is 5.91 Å². The largest absolute Gasteiger partial charge is 0.353 e. The number of amides is 1. The van der Waals surface area contributed by atoms with Crippen LogP contribution in [0.5, 0.6) is 0 Å². The molecule has 1 aliphatic rings. The van der Waals surface area contributed by atoms with E-state index in [-0.39, 0.29) is 11.8 Å². The minimum atomic E-state index is -0.0277. The molecule has 1 rings (SSSR count). The number of hydrogen-bond donors (Lipinski definition) is 2. The highest BCUT2D eigenvalue weighted by Crippen LogP contribution is 2.33. The molecule has 0 aromatic rings. The van der Waals surface area contributed by atoms with E-state index in [9.17, 15) is 4.79 Å². The van der Waals surface area contributed by atoms with E-state index in [1.54, 1.807) is 0 Å². The summed E-state index contributed by atoms with van der Waals surface area (Å²) in [6.45, 7) is 11.6. The normalized spacial score (nSPS) is 28.7. The predicted molar refractivity (Wildman–Crippen MR) is 85.3 cm³/mol. The summed E-state index contributed by atoms with van der Waals surface area (Å²) in [5.41, 5.74) is 5.79. The second-order valence-electron chi connectivity index (χ2n) is 7.50. The first kappa shape index (κ1) is 17.5. The highest BCUT2D eigenvalue weighted by molar-refractivity contribution is 5.79. The molecular formula is C17H34N2O. The fraction of sp³-hybridized carbons (Fsp3) is 0.941. The quantitative estimate of drug-likeness (QED) is 0.786. The van der Waals surface area contributed by atoms with E-state index in [1.165, 1.54) is 12.8 Å². The van der Waals surface area contributed by atoms with Crippen LogP contribution in [0.25, 0.3) is 0 Å². The van der Waals surface area contributed by atoms with Crippen molar-refractivity contribution in [3.8, 4) is 0 Å². The lowest BCUT2D eigenvalue weighted by Gasteiger charge is -2.38. The first-order valence-corrected chi connectivity index (χ1v) is 8.35. The minimum absolute atomic E-state index is 0.0277. The van der Waals surface area contributed by atoms with Gasteiger partial charge in [-0.3, -0.25) is 4.79 Å². The van der Waals surface area contributed by atoms with Crippen molar-refractivity contribution in [2.45, 2.75) is 66.3 Å². The van der Waals surface area contributed by atoms with Gasteiger partial charge in [0.1, 0.15) is 0 Å². The fourth-order valence-corrected chi connectivity index (χ4v) is 3.55. The van der Waals surface area contributed by atoms with Crippen molar-refractivity contribution in [3.05, 3.63) is 0 Å². The van der Waals surface area contributed by atoms with Crippen LogP contribution >= 0.6 is 0 Å². The van der Waals surface area contributed by atoms with Gasteiger partial charge in [0, 0.05) is 12.6 Å². The zero-order valence-corrected chi connectivity index (χ0v) is 14.0. The molecule has 3 nitrogen and oxygen atoms in total. The summed E-state index contributed by atoms with van der Waals surface area (Å²) in [5, 5.41) is 3.32. The van der Waals surface area contributed by atoms with Gasteiger partial charge in [0.25, 0.3) is 0 Å². The van der Waals surface area contributed by atoms with Gasteiger partial charge in [0.15, 0.2) is 0 Å². The minimum Gasteiger partial charge on any atom is -0.353 e. The molecule has 0 aromatic carbocycles. The van der Waals surface area contributed by atoms with Gasteiger partial charge >= 0.3 is 0 Å². The van der Waals surface area contributed by atoms with Gasteiger partial charge in [-0.1, -0.05) is 41.0 Å². The molecular weight excluding hydrogens is 248 g/mol. The van der Waals surface area contributed by atoms with Gasteiger partial charge < -0.3 is 11.1 Å². The maximum absolute atomic E-state index is 12.5. The molecule has 0 aliphatic heterocycles. The van der Waals surface area contributed by atoms with Crippen molar-refractivity contribution in [1.29, 1.82) is 0 Å². The van der Waals surface area contributed by atoms with Crippen LogP contribution in [0.15, 0.2) is 0 Å². The molecule has 0 spiro atoms. The Balaban J connectivity index is 2.64. The lowest BCUT2D eigenvalue weighted by atomic mass is 9.74. The summed E-state index contributed by atoms with van der Waals surface area (Å²) in [7, 11) is 0. The van der Waals surface area contributed by atoms with Gasteiger partial charge in [-0.2, -0.15) is 0 Å². The molecule has 0 saturated heterocycles. The number of nitrogens with two attached hydrogens (primary N) is 1. The van der Waals surface area contributed by atoms with Crippen molar-refractivity contribution in [3.63, 3.8) is 0 Å². The Bertz CT molecular complexity index is 301. The second kappa shape index (κ2) is 8.02. The topological polar surface area (TPSA) is 55.1 Å². The highest BCUT2D eigenvalue weighted by Gasteiger charge is 2.32. The molecule has 118 valence electrons. The van der Waals surface area contributed by atoms with E-state index in [2.05, 4.69) is 39.9 Å². The van der Waals surface area contributed by atoms with E-state index >= 15 is 0 Å². The number of hydrogen-bond acceptors (Lipinski definition) is 2. The number of nitrogens with one attached hydrogen (secondary N) is 1. The third-order valence-electron chi connectivity index (χ3n) is 4.76. The summed E-state index contributed by atoms with van der Waals surface area (Å²) in [6, 6.07) is 0.340. The summed E-state index contributed by atoms with van der Waals surface area (Å²) in [6.07, 6.45) is 4.54. The third-order valence-corrected chi connectivity index (χ3v) is 4.76. The smallest absolute Gasteiger partial charge is 0.224 e. The lowest BCUT2D eigenvalue weighted by molar-refractivity contribution is -0.126. The van der Waals surface area contributed by atoms with Crippen molar-refractivity contribution in [2.24, 2.45) is 35.3 Å². The summed E-state index contributed by atoms with van der Waals surface area (Å²) in [5.74, 6) is 2.63. The Morgan fingerprint density at radius 2 is 1.90 bits per heavy atom. The fourth-order valence-electron chi connectivity index (χ4n) is 3.55. The highest BCUT2D eigenvalue weighted by atomic mass is 16.2. The number of carbonyl (C=O) groups is 1. The van der Waals surface area contributed by atoms with Crippen LogP contribution in [-0.2, 0) is 4.79 Å². The van der Waals surface area contributed by atoms with Gasteiger partial charge in [0.05, 0.1) is 5.92 Å². The first-order valence-electron chi connectivity index (χ1n) is 8.35. The van der Waals surface area contributed by atoms with E-state index < -0.39 is 0 Å². The van der Waals surface area contributed by atoms with Crippen molar-refractivity contribution < 1.29 is 4.79 Å². The van der Waals surface area contributed by atoms with Gasteiger partial charge in [-0.05, 0) is 42.9 Å². The van der Waals surface area contributed by atoms with Gasteiger partial charge in [-0.15, -0.1) is 0 Å². The molecule has 3 heteroatoms. The Kier molecular flexibility index (Phi) is 7.01. The van der Waals surface area contributed by atoms with Crippen LogP contribution in [0.2, 0.25) is 0 Å². The SMILES string of the molecule is CC(C)CC(CN)C(=O)NC1CC(C)CCC1C(C)C. The Morgan fingerprint density at radius 1 is 1.25 bits per heavy atom. The van der Waals surface area contributed by atoms with E-state index in [0.717, 1.165) is 18.8 Å². The van der Waals surface area contributed by atoms with Crippen molar-refractivity contribution >= 4 is 5.91 Å². The molecule has 0 aromatic heterocycles. The van der Waals surface area contributed by atoms with Crippen molar-refractivity contribution in [1.82, 2.24) is 5.32 Å². The molecule has 0 heterocycles. The molecule has 20 heavy (non-hydrogen) atoms. The van der Waals surface area contributed by atoms with Crippen LogP contribution in [0.3, 0.4) is 0 Å². The number of rotatable bonds is 6. The van der Waals surface area contributed by atoms with Gasteiger partial charge in [-0.25, -0.2) is 0 Å². The van der Waals surface area contributed by atoms with Crippen molar-refractivity contribution in [2.75, 3.05) is 6.54 Å². The molecule has 0 bridgehead atoms. The van der Waals surface area contributed by atoms with Crippen LogP contribution in [-0.4, -0.2) is 18.5 Å². The standard InChI is InChI=1S/C17H34N2O/c1-11(2)8-14(10-18)17(20)19-16-9-13(5)6-7-15(16)12(3)4/h11-16H,6-10,18H2,1-5H3,(H,19,20). The van der Waals surface area contributed by atoms with Crippen LogP contribution in [0.4, 0.5) is 0 Å². The summed E-state index contributed by atoms with van der Waals surface area (Å²) in [4.78, 5) is 12.5. The van der Waals surface area contributed by atoms with Crippen LogP contribution in [0, 0.1) is 29.6 Å². The third kappa shape index (κ3) is 5.08. The Hall–Kier alpha value is -0.570.